The third-order valence-corrected chi connectivity index (χ3v) is 4.95. The molecular formula is C19H24N2O5S2. The SMILES string of the molecule is COCCN(Cc1cccc(OS(C)(=O)=O)c1)C(=O)Nc1ccc(SC)cc1. The number of urea groups is 1. The molecule has 0 saturated heterocycles. The molecular weight excluding hydrogens is 400 g/mol. The van der Waals surface area contributed by atoms with Crippen LogP contribution in [0, 0.1) is 0 Å². The van der Waals surface area contributed by atoms with E-state index in [9.17, 15) is 13.2 Å². The summed E-state index contributed by atoms with van der Waals surface area (Å²) in [7, 11) is -2.05. The lowest BCUT2D eigenvalue weighted by atomic mass is 10.2. The first-order chi connectivity index (χ1) is 13.3. The Kier molecular flexibility index (Phi) is 8.16. The number of rotatable bonds is 9. The zero-order valence-electron chi connectivity index (χ0n) is 16.0. The maximum Gasteiger partial charge on any atom is 0.322 e. The summed E-state index contributed by atoms with van der Waals surface area (Å²) >= 11 is 1.63. The molecule has 0 saturated carbocycles. The number of carbonyl (C=O) groups excluding carboxylic acids is 1. The van der Waals surface area contributed by atoms with E-state index < -0.39 is 10.1 Å². The predicted molar refractivity (Wildman–Crippen MR) is 111 cm³/mol. The first-order valence-electron chi connectivity index (χ1n) is 8.48. The van der Waals surface area contributed by atoms with E-state index in [2.05, 4.69) is 5.32 Å². The summed E-state index contributed by atoms with van der Waals surface area (Å²) in [4.78, 5) is 15.4. The van der Waals surface area contributed by atoms with Crippen molar-refractivity contribution in [2.45, 2.75) is 11.4 Å². The third-order valence-electron chi connectivity index (χ3n) is 3.71. The van der Waals surface area contributed by atoms with Crippen molar-refractivity contribution in [2.75, 3.05) is 38.1 Å². The van der Waals surface area contributed by atoms with Gasteiger partial charge in [-0.25, -0.2) is 4.79 Å². The zero-order valence-corrected chi connectivity index (χ0v) is 17.7. The molecule has 0 radical (unpaired) electrons. The number of nitrogens with one attached hydrogen (secondary N) is 1. The van der Waals surface area contributed by atoms with Crippen LogP contribution in [-0.2, 0) is 21.4 Å². The van der Waals surface area contributed by atoms with E-state index >= 15 is 0 Å². The molecule has 0 fully saturated rings. The summed E-state index contributed by atoms with van der Waals surface area (Å²) < 4.78 is 32.6. The Balaban J connectivity index is 2.11. The first kappa shape index (κ1) is 22.1. The molecule has 0 unspecified atom stereocenters. The minimum absolute atomic E-state index is 0.208. The highest BCUT2D eigenvalue weighted by Gasteiger charge is 2.15. The standard InChI is InChI=1S/C19H24N2O5S2/c1-25-12-11-21(19(22)20-16-7-9-18(27-2)10-8-16)14-15-5-4-6-17(13-15)26-28(3,23)24/h4-10,13H,11-12,14H2,1-3H3,(H,20,22). The van der Waals surface area contributed by atoms with Crippen LogP contribution in [0.1, 0.15) is 5.56 Å². The fraction of sp³-hybridized carbons (Fsp3) is 0.316. The molecule has 0 aliphatic heterocycles. The smallest absolute Gasteiger partial charge is 0.322 e. The number of amides is 2. The maximum atomic E-state index is 12.7. The summed E-state index contributed by atoms with van der Waals surface area (Å²) in [6.07, 6.45) is 2.97. The van der Waals surface area contributed by atoms with E-state index in [1.54, 1.807) is 48.0 Å². The lowest BCUT2D eigenvalue weighted by molar-refractivity contribution is 0.153. The normalized spacial score (nSPS) is 11.1. The lowest BCUT2D eigenvalue weighted by Crippen LogP contribution is -2.36. The molecule has 0 aliphatic rings. The maximum absolute atomic E-state index is 12.7. The summed E-state index contributed by atoms with van der Waals surface area (Å²) in [5, 5.41) is 2.87. The van der Waals surface area contributed by atoms with Gasteiger partial charge in [-0.3, -0.25) is 0 Å². The highest BCUT2D eigenvalue weighted by atomic mass is 32.2. The highest BCUT2D eigenvalue weighted by Crippen LogP contribution is 2.19. The molecule has 0 heterocycles. The monoisotopic (exact) mass is 424 g/mol. The Morgan fingerprint density at radius 3 is 2.50 bits per heavy atom. The van der Waals surface area contributed by atoms with Crippen molar-refractivity contribution >= 4 is 33.6 Å². The van der Waals surface area contributed by atoms with Crippen LogP contribution in [0.4, 0.5) is 10.5 Å². The van der Waals surface area contributed by atoms with Crippen molar-refractivity contribution in [1.82, 2.24) is 4.90 Å². The zero-order chi connectivity index (χ0) is 20.6. The second-order valence-corrected chi connectivity index (χ2v) is 8.46. The second kappa shape index (κ2) is 10.4. The number of carbonyl (C=O) groups is 1. The molecule has 7 nitrogen and oxygen atoms in total. The number of nitrogens with zero attached hydrogens (tertiary/aromatic N) is 1. The van der Waals surface area contributed by atoms with Gasteiger partial charge in [-0.05, 0) is 48.2 Å². The summed E-state index contributed by atoms with van der Waals surface area (Å²) in [6.45, 7) is 1.03. The van der Waals surface area contributed by atoms with E-state index in [-0.39, 0.29) is 18.3 Å². The molecule has 28 heavy (non-hydrogen) atoms. The van der Waals surface area contributed by atoms with Crippen molar-refractivity contribution in [3.05, 3.63) is 54.1 Å². The Hall–Kier alpha value is -2.23. The second-order valence-electron chi connectivity index (χ2n) is 6.01. The number of anilines is 1. The van der Waals surface area contributed by atoms with Gasteiger partial charge in [0, 0.05) is 30.8 Å². The summed E-state index contributed by atoms with van der Waals surface area (Å²) in [6, 6.07) is 13.9. The van der Waals surface area contributed by atoms with Crippen LogP contribution in [0.2, 0.25) is 0 Å². The molecule has 152 valence electrons. The number of methoxy groups -OCH3 is 1. The minimum Gasteiger partial charge on any atom is -0.383 e. The van der Waals surface area contributed by atoms with Gasteiger partial charge in [0.1, 0.15) is 5.75 Å². The van der Waals surface area contributed by atoms with E-state index in [0.717, 1.165) is 16.7 Å². The Labute approximate surface area is 170 Å². The third kappa shape index (κ3) is 7.41. The van der Waals surface area contributed by atoms with E-state index in [1.165, 1.54) is 0 Å². The fourth-order valence-electron chi connectivity index (χ4n) is 2.42. The number of hydrogen-bond donors (Lipinski definition) is 1. The van der Waals surface area contributed by atoms with Gasteiger partial charge in [-0.1, -0.05) is 12.1 Å². The fourth-order valence-corrected chi connectivity index (χ4v) is 3.28. The van der Waals surface area contributed by atoms with Crippen LogP contribution >= 0.6 is 11.8 Å². The Morgan fingerprint density at radius 2 is 1.89 bits per heavy atom. The molecule has 2 amide bonds. The van der Waals surface area contributed by atoms with E-state index in [0.29, 0.717) is 18.8 Å². The van der Waals surface area contributed by atoms with Gasteiger partial charge in [-0.2, -0.15) is 8.42 Å². The molecule has 0 spiro atoms. The van der Waals surface area contributed by atoms with Crippen LogP contribution in [0.15, 0.2) is 53.4 Å². The quantitative estimate of drug-likeness (QED) is 0.490. The van der Waals surface area contributed by atoms with E-state index in [4.69, 9.17) is 8.92 Å². The lowest BCUT2D eigenvalue weighted by Gasteiger charge is -2.23. The van der Waals surface area contributed by atoms with Gasteiger partial charge < -0.3 is 19.1 Å². The Morgan fingerprint density at radius 1 is 1.18 bits per heavy atom. The van der Waals surface area contributed by atoms with E-state index in [1.807, 2.05) is 30.5 Å². The average molecular weight is 425 g/mol. The molecule has 0 aliphatic carbocycles. The van der Waals surface area contributed by atoms with Crippen LogP contribution in [0.3, 0.4) is 0 Å². The van der Waals surface area contributed by atoms with Crippen molar-refractivity contribution in [3.8, 4) is 5.75 Å². The highest BCUT2D eigenvalue weighted by molar-refractivity contribution is 7.98. The van der Waals surface area contributed by atoms with Crippen LogP contribution in [0.5, 0.6) is 5.75 Å². The van der Waals surface area contributed by atoms with Crippen LogP contribution in [0.25, 0.3) is 0 Å². The molecule has 0 atom stereocenters. The molecule has 2 rings (SSSR count). The number of benzene rings is 2. The van der Waals surface area contributed by atoms with Crippen molar-refractivity contribution in [3.63, 3.8) is 0 Å². The molecule has 2 aromatic rings. The summed E-state index contributed by atoms with van der Waals surface area (Å²) in [5.41, 5.74) is 1.43. The largest absolute Gasteiger partial charge is 0.383 e. The van der Waals surface area contributed by atoms with Crippen molar-refractivity contribution in [2.24, 2.45) is 0 Å². The number of hydrogen-bond acceptors (Lipinski definition) is 6. The minimum atomic E-state index is -3.61. The van der Waals surface area contributed by atoms with Crippen molar-refractivity contribution in [1.29, 1.82) is 0 Å². The number of thioether (sulfide) groups is 1. The van der Waals surface area contributed by atoms with Gasteiger partial charge in [-0.15, -0.1) is 11.8 Å². The van der Waals surface area contributed by atoms with Gasteiger partial charge in [0.25, 0.3) is 0 Å². The molecule has 0 aromatic heterocycles. The van der Waals surface area contributed by atoms with Gasteiger partial charge in [0.2, 0.25) is 0 Å². The van der Waals surface area contributed by atoms with Crippen LogP contribution in [-0.4, -0.2) is 52.1 Å². The number of ether oxygens (including phenoxy) is 1. The topological polar surface area (TPSA) is 84.9 Å². The van der Waals surface area contributed by atoms with Gasteiger partial charge in [0.05, 0.1) is 12.9 Å². The van der Waals surface area contributed by atoms with Gasteiger partial charge in [0.15, 0.2) is 0 Å². The molecule has 2 aromatic carbocycles. The Bertz CT molecular complexity index is 885. The molecule has 0 bridgehead atoms. The van der Waals surface area contributed by atoms with Crippen molar-refractivity contribution < 1.29 is 22.1 Å². The van der Waals surface area contributed by atoms with Gasteiger partial charge >= 0.3 is 16.1 Å². The predicted octanol–water partition coefficient (Wildman–Crippen LogP) is 3.43. The molecule has 1 N–H and O–H groups in total. The first-order valence-corrected chi connectivity index (χ1v) is 11.5. The average Bonchev–Trinajstić information content (AvgIpc) is 2.64. The summed E-state index contributed by atoms with van der Waals surface area (Å²) in [5.74, 6) is 0.208. The molecule has 9 heteroatoms. The van der Waals surface area contributed by atoms with Crippen LogP contribution < -0.4 is 9.50 Å².